The average Bonchev–Trinajstić information content (AvgIpc) is 2.46. The molecule has 0 aliphatic rings. The summed E-state index contributed by atoms with van der Waals surface area (Å²) < 4.78 is 26.0. The van der Waals surface area contributed by atoms with Crippen molar-refractivity contribution in [3.8, 4) is 6.07 Å². The molecule has 0 aliphatic heterocycles. The molecular formula is C14H19N3O3S. The van der Waals surface area contributed by atoms with E-state index in [0.29, 0.717) is 6.54 Å². The maximum atomic E-state index is 12.5. The van der Waals surface area contributed by atoms with E-state index in [1.165, 1.54) is 12.1 Å². The Balaban J connectivity index is 2.96. The van der Waals surface area contributed by atoms with Crippen molar-refractivity contribution in [3.63, 3.8) is 0 Å². The molecular weight excluding hydrogens is 290 g/mol. The highest BCUT2D eigenvalue weighted by molar-refractivity contribution is 7.89. The van der Waals surface area contributed by atoms with E-state index in [4.69, 9.17) is 5.26 Å². The van der Waals surface area contributed by atoms with Crippen molar-refractivity contribution >= 4 is 15.9 Å². The van der Waals surface area contributed by atoms with Gasteiger partial charge in [0.25, 0.3) is 0 Å². The molecule has 114 valence electrons. The molecule has 21 heavy (non-hydrogen) atoms. The zero-order chi connectivity index (χ0) is 15.9. The summed E-state index contributed by atoms with van der Waals surface area (Å²) in [5, 5.41) is 11.2. The average molecular weight is 309 g/mol. The number of amides is 1. The maximum absolute atomic E-state index is 12.5. The number of hydrogen-bond acceptors (Lipinski definition) is 4. The summed E-state index contributed by atoms with van der Waals surface area (Å²) in [5.74, 6) is -0.330. The molecule has 0 saturated heterocycles. The fourth-order valence-corrected chi connectivity index (χ4v) is 3.20. The zero-order valence-electron chi connectivity index (χ0n) is 12.2. The lowest BCUT2D eigenvalue weighted by atomic mass is 10.2. The Morgan fingerprint density at radius 2 is 1.90 bits per heavy atom. The second kappa shape index (κ2) is 7.76. The number of carbonyl (C=O) groups excluding carboxylic acids is 1. The first-order valence-corrected chi connectivity index (χ1v) is 8.12. The highest BCUT2D eigenvalue weighted by Crippen LogP contribution is 2.16. The third-order valence-corrected chi connectivity index (χ3v) is 4.83. The summed E-state index contributed by atoms with van der Waals surface area (Å²) in [7, 11) is -3.71. The van der Waals surface area contributed by atoms with Gasteiger partial charge in [-0.05, 0) is 24.6 Å². The quantitative estimate of drug-likeness (QED) is 0.810. The van der Waals surface area contributed by atoms with Crippen molar-refractivity contribution in [1.29, 1.82) is 5.26 Å². The van der Waals surface area contributed by atoms with Crippen LogP contribution in [0.25, 0.3) is 0 Å². The predicted octanol–water partition coefficient (Wildman–Crippen LogP) is 0.899. The largest absolute Gasteiger partial charge is 0.355 e. The standard InChI is InChI=1S/C14H19N3O3S/c1-3-16-14(18)11-17(4-2)21(19,20)13-7-5-12(6-8-13)9-10-15/h5-8H,3-4,9,11H2,1-2H3,(H,16,18). The number of benzene rings is 1. The number of carbonyl (C=O) groups is 1. The number of likely N-dealkylation sites (N-methyl/N-ethyl adjacent to an activating group) is 2. The van der Waals surface area contributed by atoms with Crippen LogP contribution >= 0.6 is 0 Å². The Labute approximate surface area is 125 Å². The first-order chi connectivity index (χ1) is 9.95. The Kier molecular flexibility index (Phi) is 6.34. The number of nitriles is 1. The van der Waals surface area contributed by atoms with Crippen molar-refractivity contribution < 1.29 is 13.2 Å². The zero-order valence-corrected chi connectivity index (χ0v) is 13.0. The summed E-state index contributed by atoms with van der Waals surface area (Å²) in [6.07, 6.45) is 0.233. The maximum Gasteiger partial charge on any atom is 0.243 e. The van der Waals surface area contributed by atoms with Crippen LogP contribution in [0, 0.1) is 11.3 Å². The van der Waals surface area contributed by atoms with Gasteiger partial charge >= 0.3 is 0 Å². The molecule has 1 N–H and O–H groups in total. The Bertz CT molecular complexity index is 618. The third-order valence-electron chi connectivity index (χ3n) is 2.89. The normalized spacial score (nSPS) is 11.1. The lowest BCUT2D eigenvalue weighted by molar-refractivity contribution is -0.121. The lowest BCUT2D eigenvalue weighted by Crippen LogP contribution is -2.40. The van der Waals surface area contributed by atoms with Gasteiger partial charge in [-0.15, -0.1) is 0 Å². The third kappa shape index (κ3) is 4.55. The van der Waals surface area contributed by atoms with Crippen LogP contribution in [0.15, 0.2) is 29.2 Å². The second-order valence-electron chi connectivity index (χ2n) is 4.36. The van der Waals surface area contributed by atoms with Crippen LogP contribution in [0.3, 0.4) is 0 Å². The molecule has 0 bridgehead atoms. The van der Waals surface area contributed by atoms with Crippen molar-refractivity contribution in [2.24, 2.45) is 0 Å². The molecule has 0 aromatic heterocycles. The number of nitrogens with zero attached hydrogens (tertiary/aromatic N) is 2. The number of sulfonamides is 1. The van der Waals surface area contributed by atoms with Gasteiger partial charge in [0, 0.05) is 13.1 Å². The van der Waals surface area contributed by atoms with Gasteiger partial charge < -0.3 is 5.32 Å². The van der Waals surface area contributed by atoms with Crippen LogP contribution in [0.4, 0.5) is 0 Å². The molecule has 1 rings (SSSR count). The SMILES string of the molecule is CCNC(=O)CN(CC)S(=O)(=O)c1ccc(CC#N)cc1. The van der Waals surface area contributed by atoms with Gasteiger partial charge in [0.05, 0.1) is 23.9 Å². The Morgan fingerprint density at radius 1 is 1.29 bits per heavy atom. The van der Waals surface area contributed by atoms with Crippen LogP contribution < -0.4 is 5.32 Å². The lowest BCUT2D eigenvalue weighted by Gasteiger charge is -2.20. The van der Waals surface area contributed by atoms with E-state index in [0.717, 1.165) is 9.87 Å². The first-order valence-electron chi connectivity index (χ1n) is 6.68. The minimum Gasteiger partial charge on any atom is -0.355 e. The second-order valence-corrected chi connectivity index (χ2v) is 6.30. The fourth-order valence-electron chi connectivity index (χ4n) is 1.80. The topological polar surface area (TPSA) is 90.3 Å². The first kappa shape index (κ1) is 17.1. The van der Waals surface area contributed by atoms with Gasteiger partial charge in [-0.2, -0.15) is 9.57 Å². The summed E-state index contributed by atoms with van der Waals surface area (Å²) in [4.78, 5) is 11.7. The van der Waals surface area contributed by atoms with E-state index >= 15 is 0 Å². The highest BCUT2D eigenvalue weighted by atomic mass is 32.2. The van der Waals surface area contributed by atoms with E-state index in [2.05, 4.69) is 5.32 Å². The van der Waals surface area contributed by atoms with Gasteiger partial charge in [-0.3, -0.25) is 4.79 Å². The van der Waals surface area contributed by atoms with Crippen LogP contribution in [-0.2, 0) is 21.2 Å². The Hall–Kier alpha value is -1.91. The minimum atomic E-state index is -3.71. The molecule has 1 amide bonds. The van der Waals surface area contributed by atoms with Crippen LogP contribution in [-0.4, -0.2) is 38.3 Å². The number of nitrogens with one attached hydrogen (secondary N) is 1. The number of hydrogen-bond donors (Lipinski definition) is 1. The Morgan fingerprint density at radius 3 is 2.38 bits per heavy atom. The predicted molar refractivity (Wildman–Crippen MR) is 78.9 cm³/mol. The van der Waals surface area contributed by atoms with Gasteiger partial charge in [0.2, 0.25) is 15.9 Å². The number of rotatable bonds is 7. The monoisotopic (exact) mass is 309 g/mol. The van der Waals surface area contributed by atoms with Gasteiger partial charge in [-0.25, -0.2) is 8.42 Å². The van der Waals surface area contributed by atoms with E-state index in [1.54, 1.807) is 26.0 Å². The fraction of sp³-hybridized carbons (Fsp3) is 0.429. The molecule has 0 saturated carbocycles. The molecule has 1 aromatic carbocycles. The molecule has 0 unspecified atom stereocenters. The molecule has 0 heterocycles. The van der Waals surface area contributed by atoms with E-state index in [9.17, 15) is 13.2 Å². The van der Waals surface area contributed by atoms with E-state index in [1.807, 2.05) is 6.07 Å². The van der Waals surface area contributed by atoms with Gasteiger partial charge in [0.15, 0.2) is 0 Å². The smallest absolute Gasteiger partial charge is 0.243 e. The molecule has 7 heteroatoms. The van der Waals surface area contributed by atoms with Crippen LogP contribution in [0.5, 0.6) is 0 Å². The van der Waals surface area contributed by atoms with E-state index < -0.39 is 10.0 Å². The van der Waals surface area contributed by atoms with E-state index in [-0.39, 0.29) is 30.3 Å². The summed E-state index contributed by atoms with van der Waals surface area (Å²) >= 11 is 0. The summed E-state index contributed by atoms with van der Waals surface area (Å²) in [5.41, 5.74) is 0.753. The summed E-state index contributed by atoms with van der Waals surface area (Å²) in [6.45, 7) is 3.92. The molecule has 6 nitrogen and oxygen atoms in total. The molecule has 0 spiro atoms. The molecule has 0 aliphatic carbocycles. The van der Waals surface area contributed by atoms with Crippen molar-refractivity contribution in [1.82, 2.24) is 9.62 Å². The van der Waals surface area contributed by atoms with Crippen LogP contribution in [0.2, 0.25) is 0 Å². The molecule has 0 atom stereocenters. The van der Waals surface area contributed by atoms with Crippen molar-refractivity contribution in [2.45, 2.75) is 25.2 Å². The van der Waals surface area contributed by atoms with Gasteiger partial charge in [0.1, 0.15) is 0 Å². The summed E-state index contributed by atoms with van der Waals surface area (Å²) in [6, 6.07) is 8.14. The highest BCUT2D eigenvalue weighted by Gasteiger charge is 2.24. The van der Waals surface area contributed by atoms with Crippen molar-refractivity contribution in [2.75, 3.05) is 19.6 Å². The minimum absolute atomic E-state index is 0.121. The molecule has 1 aromatic rings. The van der Waals surface area contributed by atoms with Gasteiger partial charge in [-0.1, -0.05) is 19.1 Å². The molecule has 0 fully saturated rings. The van der Waals surface area contributed by atoms with Crippen LogP contribution in [0.1, 0.15) is 19.4 Å². The molecule has 0 radical (unpaired) electrons. The van der Waals surface area contributed by atoms with Crippen molar-refractivity contribution in [3.05, 3.63) is 29.8 Å².